The van der Waals surface area contributed by atoms with E-state index in [2.05, 4.69) is 0 Å². The highest BCUT2D eigenvalue weighted by Gasteiger charge is 2.28. The first-order chi connectivity index (χ1) is 9.37. The van der Waals surface area contributed by atoms with Gasteiger partial charge in [0.15, 0.2) is 0 Å². The first kappa shape index (κ1) is 16.0. The third kappa shape index (κ3) is 4.23. The second kappa shape index (κ2) is 6.89. The quantitative estimate of drug-likeness (QED) is 0.811. The lowest BCUT2D eigenvalue weighted by atomic mass is 9.84. The highest BCUT2D eigenvalue weighted by atomic mass is 16.5. The summed E-state index contributed by atoms with van der Waals surface area (Å²) in [6.45, 7) is 5.48. The molecule has 0 amide bonds. The van der Waals surface area contributed by atoms with E-state index in [1.807, 2.05) is 18.2 Å². The maximum Gasteiger partial charge on any atom is 0.313 e. The van der Waals surface area contributed by atoms with Crippen LogP contribution in [0.4, 0.5) is 0 Å². The van der Waals surface area contributed by atoms with Crippen LogP contribution in [-0.2, 0) is 19.7 Å². The maximum absolute atomic E-state index is 11.2. The van der Waals surface area contributed by atoms with Crippen molar-refractivity contribution >= 4 is 18.0 Å². The molecule has 1 N–H and O–H groups in total. The third-order valence-electron chi connectivity index (χ3n) is 3.07. The largest absolute Gasteiger partial charge is 0.481 e. The van der Waals surface area contributed by atoms with Gasteiger partial charge in [-0.15, -0.1) is 0 Å². The lowest BCUT2D eigenvalue weighted by molar-refractivity contribution is -0.143. The minimum Gasteiger partial charge on any atom is -0.481 e. The standard InChI is InChI=1S/C16H20O4/c1-4-20-14(17)7-5-6-12-8-10-13(11-9-12)16(2,3)15(18)19/h5-6,8-11H,4,7H2,1-3H3,(H,18,19). The number of carboxylic acid groups (broad SMARTS) is 1. The van der Waals surface area contributed by atoms with Crippen LogP contribution in [0.2, 0.25) is 0 Å². The number of hydrogen-bond acceptors (Lipinski definition) is 3. The van der Waals surface area contributed by atoms with Crippen molar-refractivity contribution in [1.29, 1.82) is 0 Å². The normalized spacial score (nSPS) is 11.6. The maximum atomic E-state index is 11.2. The van der Waals surface area contributed by atoms with Gasteiger partial charge in [-0.25, -0.2) is 0 Å². The van der Waals surface area contributed by atoms with Gasteiger partial charge in [0, 0.05) is 0 Å². The molecule has 0 fully saturated rings. The summed E-state index contributed by atoms with van der Waals surface area (Å²) < 4.78 is 4.81. The van der Waals surface area contributed by atoms with Crippen molar-refractivity contribution in [2.45, 2.75) is 32.6 Å². The monoisotopic (exact) mass is 276 g/mol. The summed E-state index contributed by atoms with van der Waals surface area (Å²) in [4.78, 5) is 22.3. The molecule has 1 aromatic carbocycles. The van der Waals surface area contributed by atoms with E-state index in [-0.39, 0.29) is 12.4 Å². The number of carbonyl (C=O) groups is 2. The van der Waals surface area contributed by atoms with Crippen molar-refractivity contribution in [3.8, 4) is 0 Å². The molecule has 0 aromatic heterocycles. The van der Waals surface area contributed by atoms with Crippen LogP contribution in [0.3, 0.4) is 0 Å². The van der Waals surface area contributed by atoms with E-state index in [9.17, 15) is 9.59 Å². The van der Waals surface area contributed by atoms with Gasteiger partial charge in [-0.2, -0.15) is 0 Å². The van der Waals surface area contributed by atoms with Gasteiger partial charge in [0.2, 0.25) is 0 Å². The van der Waals surface area contributed by atoms with Gasteiger partial charge in [-0.1, -0.05) is 36.4 Å². The predicted molar refractivity (Wildman–Crippen MR) is 77.4 cm³/mol. The van der Waals surface area contributed by atoms with E-state index >= 15 is 0 Å². The molecule has 20 heavy (non-hydrogen) atoms. The zero-order valence-corrected chi connectivity index (χ0v) is 12.1. The molecule has 0 aliphatic heterocycles. The highest BCUT2D eigenvalue weighted by Crippen LogP contribution is 2.23. The van der Waals surface area contributed by atoms with Gasteiger partial charge in [-0.05, 0) is 31.9 Å². The molecule has 0 heterocycles. The number of carbonyl (C=O) groups excluding carboxylic acids is 1. The Kier molecular flexibility index (Phi) is 5.50. The lowest BCUT2D eigenvalue weighted by Crippen LogP contribution is -2.28. The Labute approximate surface area is 119 Å². The molecule has 0 aliphatic rings. The molecule has 0 radical (unpaired) electrons. The molecular weight excluding hydrogens is 256 g/mol. The van der Waals surface area contributed by atoms with Crippen LogP contribution in [0.1, 0.15) is 38.3 Å². The molecule has 4 nitrogen and oxygen atoms in total. The number of carboxylic acids is 1. The summed E-state index contributed by atoms with van der Waals surface area (Å²) in [6, 6.07) is 7.25. The number of aliphatic carboxylic acids is 1. The summed E-state index contributed by atoms with van der Waals surface area (Å²) in [5.74, 6) is -1.12. The Hall–Kier alpha value is -2.10. The van der Waals surface area contributed by atoms with Crippen LogP contribution in [0.25, 0.3) is 6.08 Å². The molecule has 0 aliphatic carbocycles. The SMILES string of the molecule is CCOC(=O)CC=Cc1ccc(C(C)(C)C(=O)O)cc1. The average Bonchev–Trinajstić information content (AvgIpc) is 2.39. The zero-order chi connectivity index (χ0) is 15.2. The number of hydrogen-bond donors (Lipinski definition) is 1. The molecular formula is C16H20O4. The van der Waals surface area contributed by atoms with E-state index in [4.69, 9.17) is 9.84 Å². The van der Waals surface area contributed by atoms with Crippen molar-refractivity contribution in [3.63, 3.8) is 0 Å². The first-order valence-electron chi connectivity index (χ1n) is 6.54. The topological polar surface area (TPSA) is 63.6 Å². The number of benzene rings is 1. The van der Waals surface area contributed by atoms with E-state index in [0.29, 0.717) is 6.61 Å². The molecule has 0 bridgehead atoms. The van der Waals surface area contributed by atoms with Crippen LogP contribution < -0.4 is 0 Å². The fraction of sp³-hybridized carbons (Fsp3) is 0.375. The minimum atomic E-state index is -0.910. The summed E-state index contributed by atoms with van der Waals surface area (Å²) in [5.41, 5.74) is 0.750. The van der Waals surface area contributed by atoms with Crippen molar-refractivity contribution in [1.82, 2.24) is 0 Å². The van der Waals surface area contributed by atoms with Crippen LogP contribution in [0.15, 0.2) is 30.3 Å². The van der Waals surface area contributed by atoms with Crippen molar-refractivity contribution < 1.29 is 19.4 Å². The third-order valence-corrected chi connectivity index (χ3v) is 3.07. The molecule has 0 saturated heterocycles. The summed E-state index contributed by atoms with van der Waals surface area (Å²) in [7, 11) is 0. The summed E-state index contributed by atoms with van der Waals surface area (Å²) in [5, 5.41) is 9.15. The van der Waals surface area contributed by atoms with E-state index < -0.39 is 11.4 Å². The van der Waals surface area contributed by atoms with Gasteiger partial charge >= 0.3 is 11.9 Å². The van der Waals surface area contributed by atoms with E-state index in [1.165, 1.54) is 0 Å². The van der Waals surface area contributed by atoms with Crippen LogP contribution in [0.5, 0.6) is 0 Å². The molecule has 0 unspecified atom stereocenters. The van der Waals surface area contributed by atoms with Gasteiger partial charge in [-0.3, -0.25) is 9.59 Å². The molecule has 0 saturated carbocycles. The van der Waals surface area contributed by atoms with Gasteiger partial charge in [0.05, 0.1) is 18.4 Å². The lowest BCUT2D eigenvalue weighted by Gasteiger charge is -2.19. The van der Waals surface area contributed by atoms with Gasteiger partial charge in [0.1, 0.15) is 0 Å². The van der Waals surface area contributed by atoms with Gasteiger partial charge in [0.25, 0.3) is 0 Å². The molecule has 1 rings (SSSR count). The number of ether oxygens (including phenoxy) is 1. The molecule has 0 atom stereocenters. The smallest absolute Gasteiger partial charge is 0.313 e. The van der Waals surface area contributed by atoms with Crippen LogP contribution >= 0.6 is 0 Å². The first-order valence-corrected chi connectivity index (χ1v) is 6.54. The number of esters is 1. The number of rotatable bonds is 6. The molecule has 1 aromatic rings. The Balaban J connectivity index is 2.70. The molecule has 0 spiro atoms. The Morgan fingerprint density at radius 1 is 1.25 bits per heavy atom. The van der Waals surface area contributed by atoms with Gasteiger partial charge < -0.3 is 9.84 Å². The summed E-state index contributed by atoms with van der Waals surface area (Å²) in [6.07, 6.45) is 3.78. The van der Waals surface area contributed by atoms with E-state index in [0.717, 1.165) is 11.1 Å². The fourth-order valence-corrected chi connectivity index (χ4v) is 1.65. The van der Waals surface area contributed by atoms with Crippen molar-refractivity contribution in [3.05, 3.63) is 41.5 Å². The predicted octanol–water partition coefficient (Wildman–Crippen LogP) is 3.02. The minimum absolute atomic E-state index is 0.232. The van der Waals surface area contributed by atoms with Crippen molar-refractivity contribution in [2.24, 2.45) is 0 Å². The Morgan fingerprint density at radius 3 is 2.35 bits per heavy atom. The van der Waals surface area contributed by atoms with Crippen LogP contribution in [0, 0.1) is 0 Å². The molecule has 108 valence electrons. The fourth-order valence-electron chi connectivity index (χ4n) is 1.65. The molecule has 4 heteroatoms. The Morgan fingerprint density at radius 2 is 1.85 bits per heavy atom. The average molecular weight is 276 g/mol. The summed E-state index contributed by atoms with van der Waals surface area (Å²) >= 11 is 0. The van der Waals surface area contributed by atoms with Crippen LogP contribution in [-0.4, -0.2) is 23.7 Å². The zero-order valence-electron chi connectivity index (χ0n) is 12.1. The second-order valence-electron chi connectivity index (χ2n) is 4.96. The van der Waals surface area contributed by atoms with Crippen molar-refractivity contribution in [2.75, 3.05) is 6.61 Å². The highest BCUT2D eigenvalue weighted by molar-refractivity contribution is 5.80. The Bertz CT molecular complexity index is 498. The van der Waals surface area contributed by atoms with E-state index in [1.54, 1.807) is 39.0 Å². The second-order valence-corrected chi connectivity index (χ2v) is 4.96.